The number of amides is 1. The highest BCUT2D eigenvalue weighted by Crippen LogP contribution is 2.29. The van der Waals surface area contributed by atoms with E-state index >= 15 is 0 Å². The Morgan fingerprint density at radius 2 is 1.71 bits per heavy atom. The number of carbonyl (C=O) groups excluding carboxylic acids is 1. The average Bonchev–Trinajstić information content (AvgIpc) is 3.17. The second kappa shape index (κ2) is 10.8. The summed E-state index contributed by atoms with van der Waals surface area (Å²) in [5.74, 6) is -0.346. The molecule has 1 atom stereocenters. The third-order valence-corrected chi connectivity index (χ3v) is 7.77. The standard InChI is InChI=1S/C19H29N3O3S.2ClH/c1-26(24,25)19(9-11-20-12-10-19)18(23)21-15-17(22-13-5-6-14-22)16-7-3-2-4-8-16;;/h2-4,7-8,17,20H,5-6,9-15H2,1H3,(H,21,23);2*1H. The molecule has 0 saturated carbocycles. The summed E-state index contributed by atoms with van der Waals surface area (Å²) in [5, 5.41) is 6.14. The van der Waals surface area contributed by atoms with Crippen LogP contribution in [0.4, 0.5) is 0 Å². The summed E-state index contributed by atoms with van der Waals surface area (Å²) in [6.07, 6.45) is 4.17. The third-order valence-electron chi connectivity index (χ3n) is 5.76. The fourth-order valence-electron chi connectivity index (χ4n) is 4.13. The first-order chi connectivity index (χ1) is 12.4. The maximum absolute atomic E-state index is 13.0. The number of benzene rings is 1. The van der Waals surface area contributed by atoms with Crippen LogP contribution in [0.5, 0.6) is 0 Å². The second-order valence-corrected chi connectivity index (χ2v) is 9.72. The van der Waals surface area contributed by atoms with Gasteiger partial charge >= 0.3 is 0 Å². The van der Waals surface area contributed by atoms with Crippen molar-refractivity contribution in [2.75, 3.05) is 39.0 Å². The molecule has 160 valence electrons. The van der Waals surface area contributed by atoms with Gasteiger partial charge in [0.1, 0.15) is 0 Å². The van der Waals surface area contributed by atoms with Crippen molar-refractivity contribution in [2.24, 2.45) is 0 Å². The minimum atomic E-state index is -3.48. The first kappa shape index (κ1) is 25.2. The van der Waals surface area contributed by atoms with E-state index in [-0.39, 0.29) is 36.8 Å². The number of nitrogens with one attached hydrogen (secondary N) is 2. The Morgan fingerprint density at radius 3 is 2.25 bits per heavy atom. The van der Waals surface area contributed by atoms with Gasteiger partial charge in [-0.15, -0.1) is 24.8 Å². The minimum Gasteiger partial charge on any atom is -0.353 e. The lowest BCUT2D eigenvalue weighted by molar-refractivity contribution is -0.124. The molecule has 0 aliphatic carbocycles. The molecule has 2 fully saturated rings. The molecular weight excluding hydrogens is 421 g/mol. The number of sulfone groups is 1. The number of hydrogen-bond donors (Lipinski definition) is 2. The van der Waals surface area contributed by atoms with Crippen molar-refractivity contribution >= 4 is 40.6 Å². The summed E-state index contributed by atoms with van der Waals surface area (Å²) >= 11 is 0. The number of hydrogen-bond acceptors (Lipinski definition) is 5. The van der Waals surface area contributed by atoms with Gasteiger partial charge in [-0.1, -0.05) is 30.3 Å². The van der Waals surface area contributed by atoms with Crippen LogP contribution in [0.2, 0.25) is 0 Å². The Balaban J connectivity index is 0.00000196. The molecular formula is C19H31Cl2N3O3S. The van der Waals surface area contributed by atoms with E-state index in [1.807, 2.05) is 18.2 Å². The lowest BCUT2D eigenvalue weighted by Crippen LogP contribution is -2.58. The topological polar surface area (TPSA) is 78.5 Å². The second-order valence-electron chi connectivity index (χ2n) is 7.40. The van der Waals surface area contributed by atoms with Gasteiger partial charge in [-0.05, 0) is 57.4 Å². The largest absolute Gasteiger partial charge is 0.353 e. The predicted molar refractivity (Wildman–Crippen MR) is 117 cm³/mol. The van der Waals surface area contributed by atoms with E-state index < -0.39 is 14.6 Å². The summed E-state index contributed by atoms with van der Waals surface area (Å²) in [5.41, 5.74) is 1.16. The molecule has 3 rings (SSSR count). The Kier molecular flexibility index (Phi) is 9.70. The zero-order valence-electron chi connectivity index (χ0n) is 16.2. The fraction of sp³-hybridized carbons (Fsp3) is 0.632. The number of carbonyl (C=O) groups is 1. The van der Waals surface area contributed by atoms with Gasteiger partial charge in [0.2, 0.25) is 5.91 Å². The summed E-state index contributed by atoms with van der Waals surface area (Å²) in [6, 6.07) is 10.2. The molecule has 2 aliphatic heterocycles. The van der Waals surface area contributed by atoms with Gasteiger partial charge in [0, 0.05) is 12.8 Å². The fourth-order valence-corrected chi connectivity index (χ4v) is 5.49. The van der Waals surface area contributed by atoms with Crippen molar-refractivity contribution in [1.29, 1.82) is 0 Å². The van der Waals surface area contributed by atoms with Crippen molar-refractivity contribution in [3.8, 4) is 0 Å². The Labute approximate surface area is 180 Å². The lowest BCUT2D eigenvalue weighted by atomic mass is 9.95. The Bertz CT molecular complexity index is 719. The molecule has 9 heteroatoms. The zero-order valence-corrected chi connectivity index (χ0v) is 18.7. The molecule has 2 N–H and O–H groups in total. The number of piperidine rings is 1. The number of likely N-dealkylation sites (tertiary alicyclic amines) is 1. The molecule has 0 spiro atoms. The molecule has 2 heterocycles. The molecule has 1 aromatic carbocycles. The Morgan fingerprint density at radius 1 is 1.14 bits per heavy atom. The first-order valence-electron chi connectivity index (χ1n) is 9.42. The number of rotatable bonds is 6. The van der Waals surface area contributed by atoms with Crippen LogP contribution in [0.1, 0.15) is 37.3 Å². The van der Waals surface area contributed by atoms with E-state index in [0.29, 0.717) is 32.5 Å². The zero-order chi connectivity index (χ0) is 18.6. The van der Waals surface area contributed by atoms with Crippen LogP contribution in [0, 0.1) is 0 Å². The highest BCUT2D eigenvalue weighted by molar-refractivity contribution is 7.92. The first-order valence-corrected chi connectivity index (χ1v) is 11.3. The van der Waals surface area contributed by atoms with E-state index in [9.17, 15) is 13.2 Å². The number of nitrogens with zero attached hydrogens (tertiary/aromatic N) is 1. The van der Waals surface area contributed by atoms with Crippen molar-refractivity contribution in [3.63, 3.8) is 0 Å². The normalized spacial score (nSPS) is 20.5. The van der Waals surface area contributed by atoms with Crippen LogP contribution in [-0.2, 0) is 14.6 Å². The molecule has 2 saturated heterocycles. The minimum absolute atomic E-state index is 0. The Hall–Kier alpha value is -0.860. The predicted octanol–water partition coefficient (Wildman–Crippen LogP) is 1.95. The van der Waals surface area contributed by atoms with E-state index in [1.54, 1.807) is 0 Å². The molecule has 6 nitrogen and oxygen atoms in total. The summed E-state index contributed by atoms with van der Waals surface area (Å²) in [6.45, 7) is 3.56. The molecule has 2 aliphatic rings. The van der Waals surface area contributed by atoms with Crippen LogP contribution in [-0.4, -0.2) is 63.0 Å². The maximum atomic E-state index is 13.0. The van der Waals surface area contributed by atoms with Crippen LogP contribution in [0.3, 0.4) is 0 Å². The van der Waals surface area contributed by atoms with E-state index in [4.69, 9.17) is 0 Å². The quantitative estimate of drug-likeness (QED) is 0.690. The molecule has 0 radical (unpaired) electrons. The van der Waals surface area contributed by atoms with Crippen LogP contribution in [0.15, 0.2) is 30.3 Å². The molecule has 1 unspecified atom stereocenters. The van der Waals surface area contributed by atoms with Gasteiger partial charge in [0.15, 0.2) is 14.6 Å². The van der Waals surface area contributed by atoms with E-state index in [1.165, 1.54) is 6.26 Å². The van der Waals surface area contributed by atoms with Crippen LogP contribution < -0.4 is 10.6 Å². The molecule has 28 heavy (non-hydrogen) atoms. The maximum Gasteiger partial charge on any atom is 0.241 e. The molecule has 0 bridgehead atoms. The van der Waals surface area contributed by atoms with Crippen molar-refractivity contribution < 1.29 is 13.2 Å². The molecule has 1 aromatic rings. The lowest BCUT2D eigenvalue weighted by Gasteiger charge is -2.35. The van der Waals surface area contributed by atoms with Gasteiger partial charge < -0.3 is 10.6 Å². The SMILES string of the molecule is CS(=O)(=O)C1(C(=O)NCC(c2ccccc2)N2CCCC2)CCNCC1.Cl.Cl. The van der Waals surface area contributed by atoms with Crippen LogP contribution >= 0.6 is 24.8 Å². The number of halogens is 2. The van der Waals surface area contributed by atoms with E-state index in [2.05, 4.69) is 27.7 Å². The van der Waals surface area contributed by atoms with Crippen molar-refractivity contribution in [2.45, 2.75) is 36.5 Å². The van der Waals surface area contributed by atoms with Gasteiger partial charge in [0.05, 0.1) is 6.04 Å². The molecule has 1 amide bonds. The summed E-state index contributed by atoms with van der Waals surface area (Å²) < 4.78 is 23.5. The monoisotopic (exact) mass is 451 g/mol. The highest BCUT2D eigenvalue weighted by atomic mass is 35.5. The third kappa shape index (κ3) is 5.39. The van der Waals surface area contributed by atoms with E-state index in [0.717, 1.165) is 31.5 Å². The van der Waals surface area contributed by atoms with Gasteiger partial charge in [0.25, 0.3) is 0 Å². The summed E-state index contributed by atoms with van der Waals surface area (Å²) in [4.78, 5) is 15.4. The van der Waals surface area contributed by atoms with Gasteiger partial charge in [-0.2, -0.15) is 0 Å². The van der Waals surface area contributed by atoms with Gasteiger partial charge in [-0.25, -0.2) is 8.42 Å². The summed E-state index contributed by atoms with van der Waals surface area (Å²) in [7, 11) is -3.48. The van der Waals surface area contributed by atoms with Crippen molar-refractivity contribution in [1.82, 2.24) is 15.5 Å². The average molecular weight is 452 g/mol. The van der Waals surface area contributed by atoms with Gasteiger partial charge in [-0.3, -0.25) is 9.69 Å². The highest BCUT2D eigenvalue weighted by Gasteiger charge is 2.48. The van der Waals surface area contributed by atoms with Crippen molar-refractivity contribution in [3.05, 3.63) is 35.9 Å². The molecule has 0 aromatic heterocycles. The smallest absolute Gasteiger partial charge is 0.241 e. The van der Waals surface area contributed by atoms with Crippen LogP contribution in [0.25, 0.3) is 0 Å².